The topological polar surface area (TPSA) is 133 Å². The van der Waals surface area contributed by atoms with Crippen LogP contribution in [-0.4, -0.2) is 29.8 Å². The van der Waals surface area contributed by atoms with Crippen molar-refractivity contribution in [3.8, 4) is 0 Å². The van der Waals surface area contributed by atoms with Gasteiger partial charge in [-0.25, -0.2) is 9.07 Å². The van der Waals surface area contributed by atoms with Crippen LogP contribution < -0.4 is 16.9 Å². The van der Waals surface area contributed by atoms with Crippen molar-refractivity contribution in [2.24, 2.45) is 0 Å². The van der Waals surface area contributed by atoms with Crippen LogP contribution in [-0.2, 0) is 12.2 Å². The Morgan fingerprint density at radius 3 is 2.58 bits per heavy atom. The summed E-state index contributed by atoms with van der Waals surface area (Å²) in [6, 6.07) is 13.5. The van der Waals surface area contributed by atoms with Crippen molar-refractivity contribution in [2.45, 2.75) is 17.3 Å². The van der Waals surface area contributed by atoms with Gasteiger partial charge in [0.05, 0.1) is 5.75 Å². The highest BCUT2D eigenvalue weighted by molar-refractivity contribution is 7.98. The number of nitrogen functional groups attached to an aromatic ring is 2. The van der Waals surface area contributed by atoms with Gasteiger partial charge < -0.3 is 16.9 Å². The van der Waals surface area contributed by atoms with Gasteiger partial charge >= 0.3 is 0 Å². The molecule has 0 aliphatic rings. The standard InChI is InChI=1S/C19H17ClFN9S/c20-12-5-7-13(8-6-12)24-18-26-15(25-17(22)27-18)10-31-19-29-28-16(30(19)23)9-11-3-1-2-4-14(11)21/h1-8H,9-10,23H2,(H3,22,24,25,26,27). The van der Waals surface area contributed by atoms with E-state index in [0.29, 0.717) is 39.1 Å². The highest BCUT2D eigenvalue weighted by atomic mass is 35.5. The Hall–Kier alpha value is -3.44. The number of anilines is 3. The maximum atomic E-state index is 13.9. The van der Waals surface area contributed by atoms with Gasteiger partial charge in [-0.3, -0.25) is 0 Å². The van der Waals surface area contributed by atoms with Gasteiger partial charge in [-0.1, -0.05) is 41.6 Å². The molecule has 0 unspecified atom stereocenters. The van der Waals surface area contributed by atoms with E-state index in [-0.39, 0.29) is 18.2 Å². The second-order valence-corrected chi connectivity index (χ2v) is 7.77. The van der Waals surface area contributed by atoms with Crippen molar-refractivity contribution >= 4 is 40.9 Å². The molecule has 4 rings (SSSR count). The zero-order valence-corrected chi connectivity index (χ0v) is 17.6. The first-order chi connectivity index (χ1) is 15.0. The molecule has 4 aromatic rings. The SMILES string of the molecule is Nc1nc(CSc2nnc(Cc3ccccc3F)n2N)nc(Nc2ccc(Cl)cc2)n1. The molecule has 0 bridgehead atoms. The first-order valence-electron chi connectivity index (χ1n) is 9.06. The van der Waals surface area contributed by atoms with Crippen LogP contribution in [0, 0.1) is 5.82 Å². The monoisotopic (exact) mass is 457 g/mol. The Morgan fingerprint density at radius 2 is 1.81 bits per heavy atom. The van der Waals surface area contributed by atoms with Gasteiger partial charge in [-0.05, 0) is 35.9 Å². The first kappa shape index (κ1) is 20.8. The van der Waals surface area contributed by atoms with E-state index in [1.165, 1.54) is 22.5 Å². The molecule has 0 radical (unpaired) electrons. The van der Waals surface area contributed by atoms with Gasteiger partial charge in [0.1, 0.15) is 11.6 Å². The first-order valence-corrected chi connectivity index (χ1v) is 10.4. The molecule has 0 amide bonds. The van der Waals surface area contributed by atoms with Gasteiger partial charge in [-0.15, -0.1) is 10.2 Å². The van der Waals surface area contributed by atoms with E-state index in [4.69, 9.17) is 23.2 Å². The molecule has 2 heterocycles. The molecule has 9 nitrogen and oxygen atoms in total. The lowest BCUT2D eigenvalue weighted by molar-refractivity contribution is 0.610. The molecule has 31 heavy (non-hydrogen) atoms. The lowest BCUT2D eigenvalue weighted by atomic mass is 10.1. The molecule has 0 saturated heterocycles. The fourth-order valence-electron chi connectivity index (χ4n) is 2.69. The number of rotatable bonds is 7. The van der Waals surface area contributed by atoms with E-state index >= 15 is 0 Å². The Morgan fingerprint density at radius 1 is 1.03 bits per heavy atom. The molecule has 2 aromatic carbocycles. The molecule has 0 saturated carbocycles. The van der Waals surface area contributed by atoms with Crippen molar-refractivity contribution in [3.63, 3.8) is 0 Å². The predicted molar refractivity (Wildman–Crippen MR) is 118 cm³/mol. The number of aromatic nitrogens is 6. The number of nitrogens with zero attached hydrogens (tertiary/aromatic N) is 6. The third-order valence-corrected chi connectivity index (χ3v) is 5.36. The number of hydrogen-bond acceptors (Lipinski definition) is 9. The van der Waals surface area contributed by atoms with E-state index in [2.05, 4.69) is 30.5 Å². The summed E-state index contributed by atoms with van der Waals surface area (Å²) in [6.07, 6.45) is 0.227. The Bertz CT molecular complexity index is 1200. The van der Waals surface area contributed by atoms with Crippen molar-refractivity contribution in [2.75, 3.05) is 16.9 Å². The van der Waals surface area contributed by atoms with Crippen LogP contribution in [0.2, 0.25) is 5.02 Å². The number of thioether (sulfide) groups is 1. The van der Waals surface area contributed by atoms with Crippen LogP contribution in [0.5, 0.6) is 0 Å². The molecule has 0 spiro atoms. The number of halogens is 2. The molecule has 2 aromatic heterocycles. The second-order valence-electron chi connectivity index (χ2n) is 6.39. The molecule has 0 aliphatic carbocycles. The zero-order valence-electron chi connectivity index (χ0n) is 16.0. The molecular formula is C19H17ClFN9S. The molecule has 0 fully saturated rings. The molecule has 0 aliphatic heterocycles. The smallest absolute Gasteiger partial charge is 0.232 e. The van der Waals surface area contributed by atoms with Crippen LogP contribution in [0.1, 0.15) is 17.2 Å². The summed E-state index contributed by atoms with van der Waals surface area (Å²) in [6.45, 7) is 0. The summed E-state index contributed by atoms with van der Waals surface area (Å²) >= 11 is 7.18. The normalized spacial score (nSPS) is 10.9. The van der Waals surface area contributed by atoms with Crippen LogP contribution >= 0.6 is 23.4 Å². The average Bonchev–Trinajstić information content (AvgIpc) is 3.09. The molecule has 0 atom stereocenters. The van der Waals surface area contributed by atoms with Crippen LogP contribution in [0.15, 0.2) is 53.7 Å². The van der Waals surface area contributed by atoms with Gasteiger partial charge in [0.15, 0.2) is 5.82 Å². The average molecular weight is 458 g/mol. The van der Waals surface area contributed by atoms with Gasteiger partial charge in [0, 0.05) is 17.1 Å². The quantitative estimate of drug-likeness (QED) is 0.282. The van der Waals surface area contributed by atoms with E-state index < -0.39 is 0 Å². The van der Waals surface area contributed by atoms with Crippen LogP contribution in [0.4, 0.5) is 22.0 Å². The van der Waals surface area contributed by atoms with Crippen molar-refractivity contribution < 1.29 is 4.39 Å². The Kier molecular flexibility index (Phi) is 6.14. The minimum atomic E-state index is -0.318. The van der Waals surface area contributed by atoms with Crippen molar-refractivity contribution in [1.29, 1.82) is 0 Å². The Balaban J connectivity index is 1.44. The fourth-order valence-corrected chi connectivity index (χ4v) is 3.54. The molecule has 12 heteroatoms. The maximum absolute atomic E-state index is 13.9. The van der Waals surface area contributed by atoms with Crippen LogP contribution in [0.3, 0.4) is 0 Å². The summed E-state index contributed by atoms with van der Waals surface area (Å²) < 4.78 is 15.2. The number of benzene rings is 2. The third-order valence-electron chi connectivity index (χ3n) is 4.17. The van der Waals surface area contributed by atoms with Crippen LogP contribution in [0.25, 0.3) is 0 Å². The Labute approximate surface area is 186 Å². The predicted octanol–water partition coefficient (Wildman–Crippen LogP) is 3.18. The lowest BCUT2D eigenvalue weighted by Gasteiger charge is -2.07. The van der Waals surface area contributed by atoms with E-state index in [1.807, 2.05) is 0 Å². The highest BCUT2D eigenvalue weighted by Gasteiger charge is 2.14. The van der Waals surface area contributed by atoms with Gasteiger partial charge in [-0.2, -0.15) is 15.0 Å². The lowest BCUT2D eigenvalue weighted by Crippen LogP contribution is -2.15. The number of nitrogens with two attached hydrogens (primary N) is 2. The van der Waals surface area contributed by atoms with E-state index in [0.717, 1.165) is 5.69 Å². The minimum Gasteiger partial charge on any atom is -0.368 e. The molecular weight excluding hydrogens is 441 g/mol. The van der Waals surface area contributed by atoms with Crippen molar-refractivity contribution in [3.05, 3.63) is 76.6 Å². The summed E-state index contributed by atoms with van der Waals surface area (Å²) in [4.78, 5) is 12.6. The van der Waals surface area contributed by atoms with Crippen molar-refractivity contribution in [1.82, 2.24) is 29.8 Å². The van der Waals surface area contributed by atoms with Gasteiger partial charge in [0.2, 0.25) is 17.1 Å². The molecule has 158 valence electrons. The highest BCUT2D eigenvalue weighted by Crippen LogP contribution is 2.22. The zero-order chi connectivity index (χ0) is 21.8. The fraction of sp³-hybridized carbons (Fsp3) is 0.105. The van der Waals surface area contributed by atoms with E-state index in [1.54, 1.807) is 42.5 Å². The van der Waals surface area contributed by atoms with Gasteiger partial charge in [0.25, 0.3) is 0 Å². The summed E-state index contributed by atoms with van der Waals surface area (Å²) in [5, 5.41) is 12.3. The number of nitrogens with one attached hydrogen (secondary N) is 1. The summed E-state index contributed by atoms with van der Waals surface area (Å²) in [5.74, 6) is 7.36. The van der Waals surface area contributed by atoms with E-state index in [9.17, 15) is 4.39 Å². The largest absolute Gasteiger partial charge is 0.368 e. The third kappa shape index (κ3) is 5.19. The second kappa shape index (κ2) is 9.14. The minimum absolute atomic E-state index is 0.0801. The summed E-state index contributed by atoms with van der Waals surface area (Å²) in [7, 11) is 0. The molecule has 5 N–H and O–H groups in total. The maximum Gasteiger partial charge on any atom is 0.232 e. The summed E-state index contributed by atoms with van der Waals surface area (Å²) in [5.41, 5.74) is 7.06. The number of hydrogen-bond donors (Lipinski definition) is 3.